The molecule has 1 atom stereocenters. The van der Waals surface area contributed by atoms with Gasteiger partial charge in [0.1, 0.15) is 18.0 Å². The summed E-state index contributed by atoms with van der Waals surface area (Å²) in [5.41, 5.74) is 8.10. The number of halogens is 1. The smallest absolute Gasteiger partial charge is 0.220 e. The summed E-state index contributed by atoms with van der Waals surface area (Å²) in [5.74, 6) is -1.05. The highest BCUT2D eigenvalue weighted by Crippen LogP contribution is 2.16. The van der Waals surface area contributed by atoms with Crippen molar-refractivity contribution in [1.82, 2.24) is 5.43 Å². The SMILES string of the molecule is COC(=NNC(N)=S)C(C=O)c1ccc(F)cc1. The first-order valence-corrected chi connectivity index (χ1v) is 5.37. The molecule has 0 bridgehead atoms. The van der Waals surface area contributed by atoms with Gasteiger partial charge in [0, 0.05) is 0 Å². The van der Waals surface area contributed by atoms with E-state index in [1.54, 1.807) is 0 Å². The van der Waals surface area contributed by atoms with E-state index in [2.05, 4.69) is 22.7 Å². The van der Waals surface area contributed by atoms with Gasteiger partial charge >= 0.3 is 0 Å². The van der Waals surface area contributed by atoms with E-state index in [0.717, 1.165) is 0 Å². The van der Waals surface area contributed by atoms with Crippen molar-refractivity contribution in [1.29, 1.82) is 0 Å². The largest absolute Gasteiger partial charge is 0.482 e. The minimum Gasteiger partial charge on any atom is -0.482 e. The molecule has 0 aliphatic carbocycles. The third-order valence-electron chi connectivity index (χ3n) is 2.12. The summed E-state index contributed by atoms with van der Waals surface area (Å²) in [6, 6.07) is 5.45. The Labute approximate surface area is 109 Å². The molecule has 0 aliphatic rings. The van der Waals surface area contributed by atoms with Crippen LogP contribution < -0.4 is 11.2 Å². The van der Waals surface area contributed by atoms with E-state index in [4.69, 9.17) is 10.5 Å². The van der Waals surface area contributed by atoms with E-state index in [9.17, 15) is 9.18 Å². The molecule has 1 unspecified atom stereocenters. The van der Waals surface area contributed by atoms with Crippen LogP contribution in [0.5, 0.6) is 0 Å². The molecule has 0 heterocycles. The molecule has 1 aromatic carbocycles. The zero-order chi connectivity index (χ0) is 13.5. The fourth-order valence-electron chi connectivity index (χ4n) is 1.30. The van der Waals surface area contributed by atoms with Crippen molar-refractivity contribution in [2.24, 2.45) is 10.8 Å². The van der Waals surface area contributed by atoms with Crippen molar-refractivity contribution < 1.29 is 13.9 Å². The Balaban J connectivity index is 2.99. The number of carbonyl (C=O) groups excluding carboxylic acids is 1. The number of thiocarbonyl (C=S) groups is 1. The van der Waals surface area contributed by atoms with Crippen LogP contribution in [0.25, 0.3) is 0 Å². The van der Waals surface area contributed by atoms with Gasteiger partial charge < -0.3 is 15.3 Å². The lowest BCUT2D eigenvalue weighted by Crippen LogP contribution is -2.28. The lowest BCUT2D eigenvalue weighted by atomic mass is 10.0. The van der Waals surface area contributed by atoms with Gasteiger partial charge in [-0.15, -0.1) is 5.10 Å². The Morgan fingerprint density at radius 1 is 1.56 bits per heavy atom. The number of rotatable bonds is 4. The van der Waals surface area contributed by atoms with Crippen LogP contribution >= 0.6 is 12.2 Å². The van der Waals surface area contributed by atoms with E-state index in [0.29, 0.717) is 11.8 Å². The fraction of sp³-hybridized carbons (Fsp3) is 0.182. The molecule has 0 aliphatic heterocycles. The summed E-state index contributed by atoms with van der Waals surface area (Å²) in [4.78, 5) is 11.1. The molecule has 96 valence electrons. The van der Waals surface area contributed by atoms with E-state index >= 15 is 0 Å². The summed E-state index contributed by atoms with van der Waals surface area (Å²) in [6.45, 7) is 0. The number of nitrogens with two attached hydrogens (primary N) is 1. The number of aldehydes is 1. The highest BCUT2D eigenvalue weighted by molar-refractivity contribution is 7.80. The molecule has 3 N–H and O–H groups in total. The first kappa shape index (κ1) is 14.0. The average Bonchev–Trinajstić information content (AvgIpc) is 2.35. The first-order valence-electron chi connectivity index (χ1n) is 4.96. The minimum atomic E-state index is -0.752. The van der Waals surface area contributed by atoms with Gasteiger partial charge in [0.05, 0.1) is 7.11 Å². The van der Waals surface area contributed by atoms with Crippen LogP contribution in [-0.4, -0.2) is 24.4 Å². The molecule has 0 saturated carbocycles. The van der Waals surface area contributed by atoms with Crippen LogP contribution in [0.1, 0.15) is 11.5 Å². The van der Waals surface area contributed by atoms with Crippen LogP contribution in [0.4, 0.5) is 4.39 Å². The maximum Gasteiger partial charge on any atom is 0.220 e. The van der Waals surface area contributed by atoms with E-state index in [-0.39, 0.29) is 16.8 Å². The Morgan fingerprint density at radius 3 is 2.61 bits per heavy atom. The van der Waals surface area contributed by atoms with E-state index < -0.39 is 5.92 Å². The lowest BCUT2D eigenvalue weighted by Gasteiger charge is -2.12. The van der Waals surface area contributed by atoms with Gasteiger partial charge in [-0.25, -0.2) is 4.39 Å². The lowest BCUT2D eigenvalue weighted by molar-refractivity contribution is -0.108. The van der Waals surface area contributed by atoms with Crippen molar-refractivity contribution in [3.8, 4) is 0 Å². The zero-order valence-corrected chi connectivity index (χ0v) is 10.4. The van der Waals surface area contributed by atoms with Crippen LogP contribution in [0, 0.1) is 5.82 Å². The van der Waals surface area contributed by atoms with E-state index in [1.165, 1.54) is 31.4 Å². The number of benzene rings is 1. The van der Waals surface area contributed by atoms with Crippen LogP contribution in [0.15, 0.2) is 29.4 Å². The number of ether oxygens (including phenoxy) is 1. The Morgan fingerprint density at radius 2 is 2.17 bits per heavy atom. The molecule has 1 rings (SSSR count). The molecule has 7 heteroatoms. The fourth-order valence-corrected chi connectivity index (χ4v) is 1.35. The number of methoxy groups -OCH3 is 1. The number of hydrogen-bond donors (Lipinski definition) is 2. The highest BCUT2D eigenvalue weighted by atomic mass is 32.1. The predicted octanol–water partition coefficient (Wildman–Crippen LogP) is 0.901. The normalized spacial score (nSPS) is 12.7. The van der Waals surface area contributed by atoms with Gasteiger partial charge in [-0.2, -0.15) is 0 Å². The second kappa shape index (κ2) is 6.65. The van der Waals surface area contributed by atoms with Crippen molar-refractivity contribution in [2.45, 2.75) is 5.92 Å². The number of hydrogen-bond acceptors (Lipinski definition) is 4. The first-order chi connectivity index (χ1) is 8.58. The molecular weight excluding hydrogens is 257 g/mol. The van der Waals surface area contributed by atoms with Gasteiger partial charge in [-0.05, 0) is 29.9 Å². The molecule has 0 saturated heterocycles. The third kappa shape index (κ3) is 3.77. The van der Waals surface area contributed by atoms with E-state index in [1.807, 2.05) is 0 Å². The van der Waals surface area contributed by atoms with Crippen molar-refractivity contribution in [3.63, 3.8) is 0 Å². The third-order valence-corrected chi connectivity index (χ3v) is 2.21. The van der Waals surface area contributed by atoms with Crippen LogP contribution in [-0.2, 0) is 9.53 Å². The molecule has 0 fully saturated rings. The quantitative estimate of drug-likeness (QED) is 0.279. The summed E-state index contributed by atoms with van der Waals surface area (Å²) in [6.07, 6.45) is 0.636. The second-order valence-electron chi connectivity index (χ2n) is 3.30. The molecule has 0 amide bonds. The molecular formula is C11H12FN3O2S. The number of hydrazone groups is 1. The molecule has 1 aromatic rings. The monoisotopic (exact) mass is 269 g/mol. The highest BCUT2D eigenvalue weighted by Gasteiger charge is 2.19. The maximum absolute atomic E-state index is 12.8. The Kier molecular flexibility index (Phi) is 5.19. The molecule has 0 aromatic heterocycles. The zero-order valence-electron chi connectivity index (χ0n) is 9.59. The van der Waals surface area contributed by atoms with Gasteiger partial charge in [-0.1, -0.05) is 12.1 Å². The topological polar surface area (TPSA) is 76.7 Å². The number of carbonyl (C=O) groups is 1. The van der Waals surface area contributed by atoms with Crippen LogP contribution in [0.3, 0.4) is 0 Å². The van der Waals surface area contributed by atoms with Gasteiger partial charge in [0.15, 0.2) is 5.11 Å². The second-order valence-corrected chi connectivity index (χ2v) is 3.74. The van der Waals surface area contributed by atoms with Gasteiger partial charge in [-0.3, -0.25) is 5.43 Å². The summed E-state index contributed by atoms with van der Waals surface area (Å²) in [5, 5.41) is 3.72. The number of nitrogens with zero attached hydrogens (tertiary/aromatic N) is 1. The Bertz CT molecular complexity index is 462. The summed E-state index contributed by atoms with van der Waals surface area (Å²) >= 11 is 4.58. The van der Waals surface area contributed by atoms with Crippen molar-refractivity contribution in [2.75, 3.05) is 7.11 Å². The summed E-state index contributed by atoms with van der Waals surface area (Å²) < 4.78 is 17.8. The molecule has 5 nitrogen and oxygen atoms in total. The maximum atomic E-state index is 12.8. The van der Waals surface area contributed by atoms with Gasteiger partial charge in [0.25, 0.3) is 0 Å². The van der Waals surface area contributed by atoms with Crippen molar-refractivity contribution in [3.05, 3.63) is 35.6 Å². The summed E-state index contributed by atoms with van der Waals surface area (Å²) in [7, 11) is 1.36. The molecule has 0 radical (unpaired) electrons. The number of nitrogens with one attached hydrogen (secondary N) is 1. The molecule has 0 spiro atoms. The minimum absolute atomic E-state index is 0.0479. The van der Waals surface area contributed by atoms with Gasteiger partial charge in [0.2, 0.25) is 5.90 Å². The average molecular weight is 269 g/mol. The molecule has 18 heavy (non-hydrogen) atoms. The van der Waals surface area contributed by atoms with Crippen LogP contribution in [0.2, 0.25) is 0 Å². The Hall–Kier alpha value is -2.02. The predicted molar refractivity (Wildman–Crippen MR) is 69.6 cm³/mol. The van der Waals surface area contributed by atoms with Crippen molar-refractivity contribution >= 4 is 29.5 Å². The standard InChI is InChI=1S/C11H12FN3O2S/c1-17-10(14-15-11(13)18)9(6-16)7-2-4-8(12)5-3-7/h2-6,9H,1H3,(H3,13,15,18).